The molecule has 0 aliphatic heterocycles. The molecular weight excluding hydrogens is 274 g/mol. The van der Waals surface area contributed by atoms with Gasteiger partial charge in [0.15, 0.2) is 0 Å². The van der Waals surface area contributed by atoms with E-state index in [-0.39, 0.29) is 6.54 Å². The first-order valence-electron chi connectivity index (χ1n) is 6.21. The van der Waals surface area contributed by atoms with E-state index in [0.717, 1.165) is 6.21 Å². The van der Waals surface area contributed by atoms with Crippen molar-refractivity contribution >= 4 is 17.5 Å². The zero-order valence-corrected chi connectivity index (χ0v) is 11.1. The number of pyridine rings is 1. The van der Waals surface area contributed by atoms with Crippen molar-refractivity contribution in [1.82, 2.24) is 4.98 Å². The Kier molecular flexibility index (Phi) is 4.73. The molecule has 1 aromatic carbocycles. The van der Waals surface area contributed by atoms with Crippen LogP contribution in [0.3, 0.4) is 0 Å². The summed E-state index contributed by atoms with van der Waals surface area (Å²) in [6, 6.07) is 7.11. The molecular formula is C15H14F2N4. The van der Waals surface area contributed by atoms with E-state index in [0.29, 0.717) is 22.4 Å². The van der Waals surface area contributed by atoms with Crippen LogP contribution in [0, 0.1) is 17.2 Å². The lowest BCUT2D eigenvalue weighted by atomic mass is 10.0. The summed E-state index contributed by atoms with van der Waals surface area (Å²) in [5.74, 6) is -0.987. The average Bonchev–Trinajstić information content (AvgIpc) is 2.49. The highest BCUT2D eigenvalue weighted by Gasteiger charge is 2.04. The highest BCUT2D eigenvalue weighted by molar-refractivity contribution is 6.08. The first-order chi connectivity index (χ1) is 10.1. The minimum atomic E-state index is -0.575. The van der Waals surface area contributed by atoms with E-state index >= 15 is 0 Å². The number of hydrogen-bond acceptors (Lipinski definition) is 4. The highest BCUT2D eigenvalue weighted by Crippen LogP contribution is 2.17. The van der Waals surface area contributed by atoms with Gasteiger partial charge in [0.05, 0.1) is 11.9 Å². The van der Waals surface area contributed by atoms with Crippen LogP contribution in [0.4, 0.5) is 14.5 Å². The van der Waals surface area contributed by atoms with Crippen molar-refractivity contribution in [3.8, 4) is 0 Å². The van der Waals surface area contributed by atoms with E-state index in [1.807, 2.05) is 0 Å². The zero-order chi connectivity index (χ0) is 15.2. The van der Waals surface area contributed by atoms with Gasteiger partial charge in [0.2, 0.25) is 5.95 Å². The summed E-state index contributed by atoms with van der Waals surface area (Å²) in [5.41, 5.74) is 7.71. The molecule has 4 nitrogen and oxygen atoms in total. The maximum Gasteiger partial charge on any atom is 0.212 e. The molecule has 0 aliphatic rings. The van der Waals surface area contributed by atoms with Gasteiger partial charge in [0.1, 0.15) is 5.82 Å². The Labute approximate surface area is 120 Å². The van der Waals surface area contributed by atoms with Crippen molar-refractivity contribution in [3.63, 3.8) is 0 Å². The molecule has 0 fully saturated rings. The van der Waals surface area contributed by atoms with E-state index in [1.165, 1.54) is 36.7 Å². The molecule has 0 atom stereocenters. The molecule has 0 radical (unpaired) electrons. The van der Waals surface area contributed by atoms with Crippen molar-refractivity contribution in [1.29, 1.82) is 5.41 Å². The van der Waals surface area contributed by atoms with Crippen LogP contribution in [0.15, 0.2) is 42.7 Å². The minimum absolute atomic E-state index is 0.214. The lowest BCUT2D eigenvalue weighted by Gasteiger charge is -2.07. The zero-order valence-electron chi connectivity index (χ0n) is 11.1. The van der Waals surface area contributed by atoms with Gasteiger partial charge in [-0.1, -0.05) is 0 Å². The molecule has 2 aromatic rings. The third-order valence-electron chi connectivity index (χ3n) is 2.80. The van der Waals surface area contributed by atoms with Gasteiger partial charge >= 0.3 is 0 Å². The van der Waals surface area contributed by atoms with E-state index in [1.54, 1.807) is 6.07 Å². The van der Waals surface area contributed by atoms with Crippen LogP contribution in [0.2, 0.25) is 0 Å². The van der Waals surface area contributed by atoms with Gasteiger partial charge in [-0.05, 0) is 41.5 Å². The first-order valence-corrected chi connectivity index (χ1v) is 6.21. The van der Waals surface area contributed by atoms with E-state index in [9.17, 15) is 8.78 Å². The number of allylic oxidation sites excluding steroid dienone is 1. The standard InChI is InChI=1S/C15H14F2N4/c16-13-4-10(6-18)3-11(5-13)12(7-19)8-20-14-1-2-15(17)21-9-14/h1-5,7-9,19-20H,6,18H2/b12-8+,19-7?. The van der Waals surface area contributed by atoms with Crippen LogP contribution >= 0.6 is 0 Å². The third-order valence-corrected chi connectivity index (χ3v) is 2.80. The maximum absolute atomic E-state index is 13.5. The fourth-order valence-corrected chi connectivity index (χ4v) is 1.77. The number of aromatic nitrogens is 1. The molecule has 21 heavy (non-hydrogen) atoms. The topological polar surface area (TPSA) is 74.8 Å². The molecule has 2 rings (SSSR count). The molecule has 108 valence electrons. The van der Waals surface area contributed by atoms with Gasteiger partial charge in [0, 0.05) is 24.5 Å². The summed E-state index contributed by atoms with van der Waals surface area (Å²) in [5, 5.41) is 10.3. The molecule has 0 saturated heterocycles. The summed E-state index contributed by atoms with van der Waals surface area (Å²) in [4.78, 5) is 3.51. The second-order valence-corrected chi connectivity index (χ2v) is 4.31. The van der Waals surface area contributed by atoms with E-state index in [4.69, 9.17) is 11.1 Å². The Morgan fingerprint density at radius 2 is 2.10 bits per heavy atom. The Hall–Kier alpha value is -2.60. The van der Waals surface area contributed by atoms with Crippen molar-refractivity contribution in [2.24, 2.45) is 5.73 Å². The molecule has 0 unspecified atom stereocenters. The monoisotopic (exact) mass is 288 g/mol. The normalized spacial score (nSPS) is 11.3. The molecule has 0 bridgehead atoms. The molecule has 0 aliphatic carbocycles. The van der Waals surface area contributed by atoms with Gasteiger partial charge in [-0.25, -0.2) is 9.37 Å². The number of nitrogens with two attached hydrogens (primary N) is 1. The number of hydrogen-bond donors (Lipinski definition) is 3. The average molecular weight is 288 g/mol. The van der Waals surface area contributed by atoms with Gasteiger partial charge in [-0.3, -0.25) is 0 Å². The Morgan fingerprint density at radius 3 is 2.71 bits per heavy atom. The summed E-state index contributed by atoms with van der Waals surface area (Å²) < 4.78 is 26.2. The maximum atomic E-state index is 13.5. The van der Waals surface area contributed by atoms with Crippen molar-refractivity contribution in [2.75, 3.05) is 5.32 Å². The third kappa shape index (κ3) is 3.93. The van der Waals surface area contributed by atoms with Crippen LogP contribution < -0.4 is 11.1 Å². The van der Waals surface area contributed by atoms with Crippen LogP contribution in [0.25, 0.3) is 5.57 Å². The Balaban J connectivity index is 2.26. The SMILES string of the molecule is N=C/C(=C\Nc1ccc(F)nc1)c1cc(F)cc(CN)c1. The summed E-state index contributed by atoms with van der Waals surface area (Å²) in [6.07, 6.45) is 3.94. The number of anilines is 1. The molecule has 6 heteroatoms. The van der Waals surface area contributed by atoms with Crippen molar-refractivity contribution in [2.45, 2.75) is 6.54 Å². The van der Waals surface area contributed by atoms with Crippen molar-refractivity contribution < 1.29 is 8.78 Å². The fourth-order valence-electron chi connectivity index (χ4n) is 1.77. The van der Waals surface area contributed by atoms with Crippen LogP contribution in [0.5, 0.6) is 0 Å². The highest BCUT2D eigenvalue weighted by atomic mass is 19.1. The second-order valence-electron chi connectivity index (χ2n) is 4.31. The fraction of sp³-hybridized carbons (Fsp3) is 0.0667. The minimum Gasteiger partial charge on any atom is -0.360 e. The molecule has 0 spiro atoms. The summed E-state index contributed by atoms with van der Waals surface area (Å²) >= 11 is 0. The Morgan fingerprint density at radius 1 is 1.29 bits per heavy atom. The predicted molar refractivity (Wildman–Crippen MR) is 78.9 cm³/mol. The van der Waals surface area contributed by atoms with Gasteiger partial charge in [0.25, 0.3) is 0 Å². The molecule has 1 aromatic heterocycles. The van der Waals surface area contributed by atoms with Gasteiger partial charge < -0.3 is 16.5 Å². The quantitative estimate of drug-likeness (QED) is 0.585. The van der Waals surface area contributed by atoms with Crippen LogP contribution in [-0.2, 0) is 6.54 Å². The molecule has 0 saturated carbocycles. The van der Waals surface area contributed by atoms with Crippen LogP contribution in [-0.4, -0.2) is 11.2 Å². The number of rotatable bonds is 5. The van der Waals surface area contributed by atoms with Crippen molar-refractivity contribution in [3.05, 3.63) is 65.6 Å². The lowest BCUT2D eigenvalue weighted by molar-refractivity contribution is 0.584. The second kappa shape index (κ2) is 6.71. The summed E-state index contributed by atoms with van der Waals surface area (Å²) in [6.45, 7) is 0.214. The predicted octanol–water partition coefficient (Wildman–Crippen LogP) is 2.92. The number of halogens is 2. The van der Waals surface area contributed by atoms with E-state index < -0.39 is 11.8 Å². The number of nitrogens with zero attached hydrogens (tertiary/aromatic N) is 1. The molecule has 1 heterocycles. The summed E-state index contributed by atoms with van der Waals surface area (Å²) in [7, 11) is 0. The molecule has 4 N–H and O–H groups in total. The van der Waals surface area contributed by atoms with Crippen LogP contribution in [0.1, 0.15) is 11.1 Å². The lowest BCUT2D eigenvalue weighted by Crippen LogP contribution is -2.00. The van der Waals surface area contributed by atoms with E-state index in [2.05, 4.69) is 10.3 Å². The number of benzene rings is 1. The molecule has 0 amide bonds. The smallest absolute Gasteiger partial charge is 0.212 e. The van der Waals surface area contributed by atoms with Gasteiger partial charge in [-0.2, -0.15) is 4.39 Å². The Bertz CT molecular complexity index is 666. The van der Waals surface area contributed by atoms with Gasteiger partial charge in [-0.15, -0.1) is 0 Å². The largest absolute Gasteiger partial charge is 0.360 e. The number of nitrogens with one attached hydrogen (secondary N) is 2. The first kappa shape index (κ1) is 14.8.